The van der Waals surface area contributed by atoms with Gasteiger partial charge in [-0.2, -0.15) is 0 Å². The van der Waals surface area contributed by atoms with Crippen LogP contribution in [0.1, 0.15) is 54.8 Å². The van der Waals surface area contributed by atoms with Gasteiger partial charge >= 0.3 is 0 Å². The molecule has 3 nitrogen and oxygen atoms in total. The smallest absolute Gasteiger partial charge is 0.223 e. The molecule has 4 heteroatoms. The van der Waals surface area contributed by atoms with Crippen LogP contribution in [0.4, 0.5) is 0 Å². The molecule has 2 rings (SSSR count). The van der Waals surface area contributed by atoms with Gasteiger partial charge in [-0.3, -0.25) is 4.79 Å². The fourth-order valence-corrected chi connectivity index (χ4v) is 3.09. The molecule has 1 atom stereocenters. The molecule has 1 aromatic carbocycles. The highest BCUT2D eigenvalue weighted by Gasteiger charge is 2.28. The topological polar surface area (TPSA) is 46.3 Å². The van der Waals surface area contributed by atoms with Crippen molar-refractivity contribution in [1.82, 2.24) is 4.90 Å². The van der Waals surface area contributed by atoms with Crippen molar-refractivity contribution in [1.29, 1.82) is 0 Å². The number of nitrogens with zero attached hydrogens (tertiary/aromatic N) is 1. The average molecular weight is 311 g/mol. The summed E-state index contributed by atoms with van der Waals surface area (Å²) < 4.78 is 0. The number of hydrogen-bond donors (Lipinski definition) is 1. The van der Waals surface area contributed by atoms with Crippen LogP contribution in [0.5, 0.6) is 0 Å². The summed E-state index contributed by atoms with van der Waals surface area (Å²) in [6, 6.07) is 6.69. The Balaban J connectivity index is 0.00000220. The summed E-state index contributed by atoms with van der Waals surface area (Å²) in [7, 11) is 0. The van der Waals surface area contributed by atoms with E-state index in [9.17, 15) is 4.79 Å². The van der Waals surface area contributed by atoms with Crippen molar-refractivity contribution in [3.63, 3.8) is 0 Å². The maximum Gasteiger partial charge on any atom is 0.223 e. The number of carbonyl (C=O) groups is 1. The van der Waals surface area contributed by atoms with E-state index in [-0.39, 0.29) is 24.4 Å². The summed E-state index contributed by atoms with van der Waals surface area (Å²) in [6.45, 7) is 5.79. The number of amides is 1. The number of carbonyl (C=O) groups excluding carboxylic acids is 1. The number of likely N-dealkylation sites (tertiary alicyclic amines) is 1. The van der Waals surface area contributed by atoms with E-state index in [1.54, 1.807) is 0 Å². The van der Waals surface area contributed by atoms with Crippen molar-refractivity contribution in [3.05, 3.63) is 34.9 Å². The first kappa shape index (κ1) is 18.0. The second kappa shape index (κ2) is 8.40. The van der Waals surface area contributed by atoms with Crippen LogP contribution in [-0.4, -0.2) is 23.9 Å². The van der Waals surface area contributed by atoms with Gasteiger partial charge in [0.15, 0.2) is 0 Å². The highest BCUT2D eigenvalue weighted by molar-refractivity contribution is 5.85. The third-order valence-corrected chi connectivity index (χ3v) is 4.42. The molecule has 0 radical (unpaired) electrons. The molecular formula is C17H27ClN2O. The fourth-order valence-electron chi connectivity index (χ4n) is 3.09. The van der Waals surface area contributed by atoms with Gasteiger partial charge in [0.1, 0.15) is 0 Å². The van der Waals surface area contributed by atoms with E-state index in [0.29, 0.717) is 13.0 Å². The lowest BCUT2D eigenvalue weighted by Gasteiger charge is -2.37. The maximum absolute atomic E-state index is 12.4. The zero-order valence-corrected chi connectivity index (χ0v) is 13.9. The van der Waals surface area contributed by atoms with E-state index in [1.165, 1.54) is 23.1 Å². The van der Waals surface area contributed by atoms with Crippen LogP contribution >= 0.6 is 12.4 Å². The molecule has 0 bridgehead atoms. The molecule has 1 fully saturated rings. The fraction of sp³-hybridized carbons (Fsp3) is 0.588. The molecule has 1 heterocycles. The minimum absolute atomic E-state index is 0. The molecule has 2 N–H and O–H groups in total. The Labute approximate surface area is 134 Å². The summed E-state index contributed by atoms with van der Waals surface area (Å²) in [4.78, 5) is 14.5. The third kappa shape index (κ3) is 4.21. The number of aryl methyl sites for hydroxylation is 1. The quantitative estimate of drug-likeness (QED) is 0.925. The first-order valence-corrected chi connectivity index (χ1v) is 7.70. The Hall–Kier alpha value is -1.06. The van der Waals surface area contributed by atoms with Gasteiger partial charge in [0.2, 0.25) is 5.91 Å². The zero-order valence-electron chi connectivity index (χ0n) is 13.1. The summed E-state index contributed by atoms with van der Waals surface area (Å²) in [5.74, 6) is 0.265. The van der Waals surface area contributed by atoms with Crippen LogP contribution in [0.25, 0.3) is 0 Å². The highest BCUT2D eigenvalue weighted by Crippen LogP contribution is 2.34. The van der Waals surface area contributed by atoms with Gasteiger partial charge in [0, 0.05) is 13.0 Å². The lowest BCUT2D eigenvalue weighted by molar-refractivity contribution is -0.135. The predicted octanol–water partition coefficient (Wildman–Crippen LogP) is 3.52. The summed E-state index contributed by atoms with van der Waals surface area (Å²) >= 11 is 0. The van der Waals surface area contributed by atoms with Gasteiger partial charge in [-0.25, -0.2) is 0 Å². The van der Waals surface area contributed by atoms with E-state index in [0.717, 1.165) is 25.8 Å². The molecule has 0 spiro atoms. The molecule has 0 aromatic heterocycles. The first-order chi connectivity index (χ1) is 9.65. The van der Waals surface area contributed by atoms with Crippen LogP contribution < -0.4 is 5.73 Å². The van der Waals surface area contributed by atoms with E-state index < -0.39 is 0 Å². The van der Waals surface area contributed by atoms with E-state index in [4.69, 9.17) is 5.73 Å². The molecule has 21 heavy (non-hydrogen) atoms. The van der Waals surface area contributed by atoms with E-state index in [2.05, 4.69) is 36.9 Å². The van der Waals surface area contributed by atoms with Gasteiger partial charge in [-0.05, 0) is 62.8 Å². The third-order valence-electron chi connectivity index (χ3n) is 4.42. The Kier molecular flexibility index (Phi) is 7.20. The number of halogens is 1. The molecule has 1 saturated heterocycles. The lowest BCUT2D eigenvalue weighted by Crippen LogP contribution is -2.38. The predicted molar refractivity (Wildman–Crippen MR) is 89.8 cm³/mol. The van der Waals surface area contributed by atoms with Gasteiger partial charge in [-0.1, -0.05) is 18.2 Å². The maximum atomic E-state index is 12.4. The summed E-state index contributed by atoms with van der Waals surface area (Å²) in [5.41, 5.74) is 9.49. The van der Waals surface area contributed by atoms with Crippen molar-refractivity contribution in [3.8, 4) is 0 Å². The average Bonchev–Trinajstić information content (AvgIpc) is 2.47. The van der Waals surface area contributed by atoms with E-state index in [1.807, 2.05) is 0 Å². The molecule has 1 aromatic rings. The second-order valence-electron chi connectivity index (χ2n) is 5.78. The van der Waals surface area contributed by atoms with Crippen LogP contribution in [0.3, 0.4) is 0 Å². The molecular weight excluding hydrogens is 284 g/mol. The first-order valence-electron chi connectivity index (χ1n) is 7.70. The Morgan fingerprint density at radius 2 is 2.10 bits per heavy atom. The standard InChI is InChI=1S/C17H26N2O.ClH/c1-13-7-5-8-15(14(13)2)16-9-3-4-12-19(16)17(20)10-6-11-18;/h5,7-8,16H,3-4,6,9-12,18H2,1-2H3;1H. The van der Waals surface area contributed by atoms with Crippen LogP contribution in [-0.2, 0) is 4.79 Å². The van der Waals surface area contributed by atoms with Gasteiger partial charge in [-0.15, -0.1) is 12.4 Å². The minimum Gasteiger partial charge on any atom is -0.336 e. The molecule has 1 aliphatic rings. The SMILES string of the molecule is Cc1cccc(C2CCCCN2C(=O)CCCN)c1C.Cl. The Morgan fingerprint density at radius 1 is 1.33 bits per heavy atom. The van der Waals surface area contributed by atoms with Gasteiger partial charge in [0.05, 0.1) is 6.04 Å². The van der Waals surface area contributed by atoms with Crippen molar-refractivity contribution in [2.45, 2.75) is 52.0 Å². The van der Waals surface area contributed by atoms with Gasteiger partial charge < -0.3 is 10.6 Å². The summed E-state index contributed by atoms with van der Waals surface area (Å²) in [6.07, 6.45) is 4.78. The molecule has 0 aliphatic carbocycles. The normalized spacial score (nSPS) is 18.2. The molecule has 118 valence electrons. The van der Waals surface area contributed by atoms with Crippen molar-refractivity contribution >= 4 is 18.3 Å². The minimum atomic E-state index is 0. The van der Waals surface area contributed by atoms with Crippen molar-refractivity contribution in [2.75, 3.05) is 13.1 Å². The Morgan fingerprint density at radius 3 is 2.81 bits per heavy atom. The number of hydrogen-bond acceptors (Lipinski definition) is 2. The van der Waals surface area contributed by atoms with Crippen LogP contribution in [0, 0.1) is 13.8 Å². The Bertz CT molecular complexity index is 476. The van der Waals surface area contributed by atoms with Crippen molar-refractivity contribution in [2.24, 2.45) is 5.73 Å². The molecule has 1 aliphatic heterocycles. The van der Waals surface area contributed by atoms with Gasteiger partial charge in [0.25, 0.3) is 0 Å². The molecule has 1 unspecified atom stereocenters. The summed E-state index contributed by atoms with van der Waals surface area (Å²) in [5, 5.41) is 0. The lowest BCUT2D eigenvalue weighted by atomic mass is 9.90. The highest BCUT2D eigenvalue weighted by atomic mass is 35.5. The monoisotopic (exact) mass is 310 g/mol. The van der Waals surface area contributed by atoms with E-state index >= 15 is 0 Å². The number of piperidine rings is 1. The van der Waals surface area contributed by atoms with Crippen LogP contribution in [0.15, 0.2) is 18.2 Å². The number of benzene rings is 1. The second-order valence-corrected chi connectivity index (χ2v) is 5.78. The number of rotatable bonds is 4. The zero-order chi connectivity index (χ0) is 14.5. The van der Waals surface area contributed by atoms with Crippen LogP contribution in [0.2, 0.25) is 0 Å². The molecule has 0 saturated carbocycles. The van der Waals surface area contributed by atoms with Crippen molar-refractivity contribution < 1.29 is 4.79 Å². The largest absolute Gasteiger partial charge is 0.336 e. The molecule has 1 amide bonds. The number of nitrogens with two attached hydrogens (primary N) is 1.